The van der Waals surface area contributed by atoms with Crippen molar-refractivity contribution in [1.29, 1.82) is 0 Å². The van der Waals surface area contributed by atoms with Crippen LogP contribution in [-0.4, -0.2) is 51.3 Å². The Balaban J connectivity index is 1.20. The smallest absolute Gasteiger partial charge is 0.224 e. The van der Waals surface area contributed by atoms with Gasteiger partial charge < -0.3 is 24.3 Å². The largest absolute Gasteiger partial charge is 0.497 e. The van der Waals surface area contributed by atoms with Gasteiger partial charge in [-0.05, 0) is 68.1 Å². The van der Waals surface area contributed by atoms with Crippen molar-refractivity contribution >= 4 is 11.6 Å². The molecule has 2 aromatic rings. The number of hydrogen-bond donors (Lipinski definition) is 1. The molecule has 32 heavy (non-hydrogen) atoms. The van der Waals surface area contributed by atoms with Crippen LogP contribution in [0.3, 0.4) is 0 Å². The van der Waals surface area contributed by atoms with E-state index in [-0.39, 0.29) is 5.91 Å². The molecule has 7 nitrogen and oxygen atoms in total. The Morgan fingerprint density at radius 3 is 2.56 bits per heavy atom. The van der Waals surface area contributed by atoms with Gasteiger partial charge in [-0.2, -0.15) is 0 Å². The molecule has 0 aromatic heterocycles. The number of anilines is 1. The number of ether oxygens (including phenoxy) is 4. The summed E-state index contributed by atoms with van der Waals surface area (Å²) in [5.74, 6) is 3.59. The fourth-order valence-corrected chi connectivity index (χ4v) is 4.33. The highest BCUT2D eigenvalue weighted by atomic mass is 16.6. The minimum Gasteiger partial charge on any atom is -0.497 e. The molecule has 172 valence electrons. The lowest BCUT2D eigenvalue weighted by Crippen LogP contribution is -2.33. The molecule has 0 spiro atoms. The average molecular weight is 441 g/mol. The Bertz CT molecular complexity index is 925. The number of methoxy groups -OCH3 is 2. The third-order valence-corrected chi connectivity index (χ3v) is 6.18. The minimum atomic E-state index is 0.0205. The van der Waals surface area contributed by atoms with Gasteiger partial charge in [0.2, 0.25) is 5.91 Å². The quantitative estimate of drug-likeness (QED) is 0.666. The summed E-state index contributed by atoms with van der Waals surface area (Å²) in [5, 5.41) is 2.97. The Morgan fingerprint density at radius 2 is 1.81 bits per heavy atom. The lowest BCUT2D eigenvalue weighted by atomic mass is 9.92. The lowest BCUT2D eigenvalue weighted by molar-refractivity contribution is -0.116. The number of amides is 1. The van der Waals surface area contributed by atoms with Crippen LogP contribution in [-0.2, 0) is 11.3 Å². The van der Waals surface area contributed by atoms with Crippen molar-refractivity contribution in [1.82, 2.24) is 4.90 Å². The van der Waals surface area contributed by atoms with E-state index in [0.29, 0.717) is 42.7 Å². The van der Waals surface area contributed by atoms with Gasteiger partial charge in [-0.25, -0.2) is 0 Å². The number of carbonyl (C=O) groups is 1. The van der Waals surface area contributed by atoms with Gasteiger partial charge in [0.1, 0.15) is 24.7 Å². The molecule has 2 heterocycles. The second-order valence-electron chi connectivity index (χ2n) is 8.35. The second-order valence-corrected chi connectivity index (χ2v) is 8.35. The van der Waals surface area contributed by atoms with E-state index in [4.69, 9.17) is 18.9 Å². The first-order valence-electron chi connectivity index (χ1n) is 11.3. The van der Waals surface area contributed by atoms with Gasteiger partial charge in [-0.3, -0.25) is 9.69 Å². The molecule has 0 bridgehead atoms. The summed E-state index contributed by atoms with van der Waals surface area (Å²) in [6.07, 6.45) is 3.65. The highest BCUT2D eigenvalue weighted by Gasteiger charge is 2.21. The molecule has 0 saturated carbocycles. The zero-order valence-electron chi connectivity index (χ0n) is 18.9. The number of hydrogen-bond acceptors (Lipinski definition) is 6. The van der Waals surface area contributed by atoms with Crippen molar-refractivity contribution < 1.29 is 23.7 Å². The first kappa shape index (κ1) is 22.3. The summed E-state index contributed by atoms with van der Waals surface area (Å²) >= 11 is 0. The predicted octanol–water partition coefficient (Wildman–Crippen LogP) is 4.11. The van der Waals surface area contributed by atoms with Crippen molar-refractivity contribution in [2.75, 3.05) is 45.8 Å². The normalized spacial score (nSPS) is 16.4. The molecule has 7 heteroatoms. The number of rotatable bonds is 8. The van der Waals surface area contributed by atoms with Crippen LogP contribution in [0.2, 0.25) is 0 Å². The van der Waals surface area contributed by atoms with Crippen LogP contribution in [0, 0.1) is 5.92 Å². The van der Waals surface area contributed by atoms with E-state index < -0.39 is 0 Å². The molecule has 0 radical (unpaired) electrons. The van der Waals surface area contributed by atoms with Gasteiger partial charge in [0, 0.05) is 19.0 Å². The molecular formula is C25H32N2O5. The fraction of sp³-hybridized carbons (Fsp3) is 0.480. The Kier molecular flexibility index (Phi) is 7.37. The van der Waals surface area contributed by atoms with Crippen LogP contribution in [0.25, 0.3) is 0 Å². The van der Waals surface area contributed by atoms with E-state index in [0.717, 1.165) is 50.4 Å². The molecule has 1 fully saturated rings. The molecule has 0 atom stereocenters. The zero-order valence-corrected chi connectivity index (χ0v) is 18.9. The lowest BCUT2D eigenvalue weighted by Gasteiger charge is -2.32. The SMILES string of the molecule is COc1ccc(NC(=O)CCC2CCN(Cc3ccc4c(c3)OCCO4)CC2)c(OC)c1. The molecule has 0 aliphatic carbocycles. The third-order valence-electron chi connectivity index (χ3n) is 6.18. The maximum absolute atomic E-state index is 12.5. The highest BCUT2D eigenvalue weighted by molar-refractivity contribution is 5.92. The van der Waals surface area contributed by atoms with E-state index in [1.54, 1.807) is 20.3 Å². The van der Waals surface area contributed by atoms with Gasteiger partial charge in [-0.1, -0.05) is 6.07 Å². The Morgan fingerprint density at radius 1 is 1.03 bits per heavy atom. The molecule has 4 rings (SSSR count). The van der Waals surface area contributed by atoms with E-state index in [9.17, 15) is 4.79 Å². The molecule has 1 N–H and O–H groups in total. The van der Waals surface area contributed by atoms with E-state index in [2.05, 4.69) is 22.3 Å². The summed E-state index contributed by atoms with van der Waals surface area (Å²) in [6.45, 7) is 4.24. The molecule has 1 amide bonds. The summed E-state index contributed by atoms with van der Waals surface area (Å²) < 4.78 is 21.9. The number of carbonyl (C=O) groups excluding carboxylic acids is 1. The zero-order chi connectivity index (χ0) is 22.3. The maximum atomic E-state index is 12.5. The molecular weight excluding hydrogens is 408 g/mol. The van der Waals surface area contributed by atoms with Crippen LogP contribution < -0.4 is 24.3 Å². The minimum absolute atomic E-state index is 0.0205. The van der Waals surface area contributed by atoms with E-state index >= 15 is 0 Å². The van der Waals surface area contributed by atoms with Crippen molar-refractivity contribution in [2.45, 2.75) is 32.2 Å². The first-order chi connectivity index (χ1) is 15.6. The molecule has 1 saturated heterocycles. The van der Waals surface area contributed by atoms with Gasteiger partial charge in [0.05, 0.1) is 19.9 Å². The molecule has 0 unspecified atom stereocenters. The first-order valence-corrected chi connectivity index (χ1v) is 11.3. The van der Waals surface area contributed by atoms with Crippen molar-refractivity contribution in [3.63, 3.8) is 0 Å². The number of benzene rings is 2. The molecule has 2 aliphatic rings. The molecule has 2 aromatic carbocycles. The van der Waals surface area contributed by atoms with Crippen LogP contribution >= 0.6 is 0 Å². The summed E-state index contributed by atoms with van der Waals surface area (Å²) in [6, 6.07) is 11.6. The van der Waals surface area contributed by atoms with Gasteiger partial charge in [-0.15, -0.1) is 0 Å². The Labute approximate surface area is 189 Å². The van der Waals surface area contributed by atoms with Crippen molar-refractivity contribution in [3.8, 4) is 23.0 Å². The second kappa shape index (κ2) is 10.6. The van der Waals surface area contributed by atoms with Gasteiger partial charge in [0.15, 0.2) is 11.5 Å². The monoisotopic (exact) mass is 440 g/mol. The number of piperidine rings is 1. The Hall–Kier alpha value is -2.93. The standard InChI is InChI=1S/C25H32N2O5/c1-29-20-5-6-21(23(16-20)30-2)26-25(28)8-4-18-9-11-27(12-10-18)17-19-3-7-22-24(15-19)32-14-13-31-22/h3,5-7,15-16,18H,4,8-14,17H2,1-2H3,(H,26,28). The van der Waals surface area contributed by atoms with Gasteiger partial charge in [0.25, 0.3) is 0 Å². The maximum Gasteiger partial charge on any atom is 0.224 e. The third kappa shape index (κ3) is 5.65. The highest BCUT2D eigenvalue weighted by Crippen LogP contribution is 2.32. The topological polar surface area (TPSA) is 69.3 Å². The van der Waals surface area contributed by atoms with E-state index in [1.165, 1.54) is 5.56 Å². The summed E-state index contributed by atoms with van der Waals surface area (Å²) in [4.78, 5) is 14.9. The molecule has 2 aliphatic heterocycles. The van der Waals surface area contributed by atoms with Crippen molar-refractivity contribution in [3.05, 3.63) is 42.0 Å². The number of likely N-dealkylation sites (tertiary alicyclic amines) is 1. The average Bonchev–Trinajstić information content (AvgIpc) is 2.84. The van der Waals surface area contributed by atoms with Crippen LogP contribution in [0.1, 0.15) is 31.2 Å². The fourth-order valence-electron chi connectivity index (χ4n) is 4.33. The number of fused-ring (bicyclic) bond motifs is 1. The van der Waals surface area contributed by atoms with Gasteiger partial charge >= 0.3 is 0 Å². The van der Waals surface area contributed by atoms with Crippen LogP contribution in [0.15, 0.2) is 36.4 Å². The number of nitrogens with one attached hydrogen (secondary N) is 1. The number of nitrogens with zero attached hydrogens (tertiary/aromatic N) is 1. The van der Waals surface area contributed by atoms with Crippen LogP contribution in [0.5, 0.6) is 23.0 Å². The summed E-state index contributed by atoms with van der Waals surface area (Å²) in [5.41, 5.74) is 1.92. The van der Waals surface area contributed by atoms with E-state index in [1.807, 2.05) is 18.2 Å². The summed E-state index contributed by atoms with van der Waals surface area (Å²) in [7, 11) is 3.19. The van der Waals surface area contributed by atoms with Crippen molar-refractivity contribution in [2.24, 2.45) is 5.92 Å². The predicted molar refractivity (Wildman–Crippen MR) is 123 cm³/mol. The van der Waals surface area contributed by atoms with Crippen LogP contribution in [0.4, 0.5) is 5.69 Å².